The number of carbonyl (C=O) groups excluding carboxylic acids is 1. The SMILES string of the molecule is CCCC12Cc3cnn(-c4ccc(F)cc4)c3C=C1CC[C@@]2(O)CCc1ccccc1C(O)C(N)=O. The first-order chi connectivity index (χ1) is 17.3. The number of nitrogens with two attached hydrogens (primary N) is 1. The maximum atomic E-state index is 13.5. The number of benzene rings is 2. The van der Waals surface area contributed by atoms with Crippen molar-refractivity contribution in [3.05, 3.63) is 88.5 Å². The van der Waals surface area contributed by atoms with Gasteiger partial charge >= 0.3 is 0 Å². The number of nitrogens with zero attached hydrogens (tertiary/aromatic N) is 2. The van der Waals surface area contributed by atoms with Gasteiger partial charge in [0.25, 0.3) is 5.91 Å². The number of aliphatic hydroxyl groups is 2. The minimum atomic E-state index is -1.37. The molecule has 0 spiro atoms. The van der Waals surface area contributed by atoms with Crippen LogP contribution in [-0.4, -0.2) is 31.5 Å². The summed E-state index contributed by atoms with van der Waals surface area (Å²) >= 11 is 0. The molecule has 3 aromatic rings. The second-order valence-corrected chi connectivity index (χ2v) is 10.2. The molecule has 36 heavy (non-hydrogen) atoms. The summed E-state index contributed by atoms with van der Waals surface area (Å²) in [6.45, 7) is 2.14. The predicted molar refractivity (Wildman–Crippen MR) is 136 cm³/mol. The van der Waals surface area contributed by atoms with Crippen LogP contribution in [0.1, 0.15) is 67.5 Å². The maximum absolute atomic E-state index is 13.5. The first kappa shape index (κ1) is 24.4. The van der Waals surface area contributed by atoms with E-state index in [1.54, 1.807) is 24.3 Å². The first-order valence-electron chi connectivity index (χ1n) is 12.6. The zero-order chi connectivity index (χ0) is 25.5. The molecule has 0 radical (unpaired) electrons. The Labute approximate surface area is 210 Å². The lowest BCUT2D eigenvalue weighted by molar-refractivity contribution is -0.126. The van der Waals surface area contributed by atoms with Gasteiger partial charge in [-0.15, -0.1) is 0 Å². The molecule has 1 fully saturated rings. The summed E-state index contributed by atoms with van der Waals surface area (Å²) in [7, 11) is 0. The van der Waals surface area contributed by atoms with E-state index in [-0.39, 0.29) is 5.82 Å². The van der Waals surface area contributed by atoms with Crippen molar-refractivity contribution in [1.29, 1.82) is 0 Å². The summed E-state index contributed by atoms with van der Waals surface area (Å²) in [5.41, 5.74) is 9.43. The Bertz CT molecular complexity index is 1320. The summed E-state index contributed by atoms with van der Waals surface area (Å²) in [5.74, 6) is -1.07. The van der Waals surface area contributed by atoms with Gasteiger partial charge < -0.3 is 15.9 Å². The number of carbonyl (C=O) groups is 1. The van der Waals surface area contributed by atoms with Crippen molar-refractivity contribution >= 4 is 12.0 Å². The third-order valence-corrected chi connectivity index (χ3v) is 8.18. The average molecular weight is 490 g/mol. The number of hydrogen-bond donors (Lipinski definition) is 3. The van der Waals surface area contributed by atoms with E-state index in [9.17, 15) is 19.4 Å². The summed E-state index contributed by atoms with van der Waals surface area (Å²) in [6.07, 6.45) is 7.60. The van der Waals surface area contributed by atoms with Gasteiger partial charge in [-0.3, -0.25) is 4.79 Å². The van der Waals surface area contributed by atoms with Crippen LogP contribution in [-0.2, 0) is 17.6 Å². The summed E-state index contributed by atoms with van der Waals surface area (Å²) in [6, 6.07) is 13.5. The number of aromatic nitrogens is 2. The van der Waals surface area contributed by atoms with Crippen LogP contribution in [0.2, 0.25) is 0 Å². The number of amides is 1. The predicted octanol–water partition coefficient (Wildman–Crippen LogP) is 4.41. The minimum Gasteiger partial charge on any atom is -0.389 e. The molecule has 6 nitrogen and oxygen atoms in total. The number of halogens is 1. The van der Waals surface area contributed by atoms with Crippen molar-refractivity contribution in [3.8, 4) is 5.69 Å². The number of aryl methyl sites for hydroxylation is 1. The second kappa shape index (κ2) is 9.30. The van der Waals surface area contributed by atoms with Gasteiger partial charge in [0.2, 0.25) is 0 Å². The van der Waals surface area contributed by atoms with E-state index in [2.05, 4.69) is 18.1 Å². The largest absolute Gasteiger partial charge is 0.389 e. The van der Waals surface area contributed by atoms with E-state index in [1.807, 2.05) is 23.0 Å². The number of hydrogen-bond acceptors (Lipinski definition) is 4. The number of aliphatic hydroxyl groups excluding tert-OH is 1. The van der Waals surface area contributed by atoms with Gasteiger partial charge in [0.1, 0.15) is 5.82 Å². The van der Waals surface area contributed by atoms with Crippen LogP contribution < -0.4 is 5.73 Å². The fraction of sp³-hybridized carbons (Fsp3) is 0.379. The van der Waals surface area contributed by atoms with Crippen molar-refractivity contribution in [2.75, 3.05) is 0 Å². The Kier molecular flexibility index (Phi) is 6.30. The van der Waals surface area contributed by atoms with E-state index in [0.717, 1.165) is 41.8 Å². The quantitative estimate of drug-likeness (QED) is 0.436. The molecule has 0 saturated heterocycles. The third-order valence-electron chi connectivity index (χ3n) is 8.18. The van der Waals surface area contributed by atoms with Gasteiger partial charge in [-0.2, -0.15) is 5.10 Å². The van der Waals surface area contributed by atoms with Crippen LogP contribution in [0.3, 0.4) is 0 Å². The molecule has 1 heterocycles. The van der Waals surface area contributed by atoms with Gasteiger partial charge in [0.15, 0.2) is 6.10 Å². The lowest BCUT2D eigenvalue weighted by Crippen LogP contribution is -2.47. The zero-order valence-electron chi connectivity index (χ0n) is 20.5. The number of rotatable bonds is 8. The van der Waals surface area contributed by atoms with Crippen LogP contribution in [0.5, 0.6) is 0 Å². The highest BCUT2D eigenvalue weighted by Gasteiger charge is 2.57. The molecule has 0 bridgehead atoms. The average Bonchev–Trinajstić information content (AvgIpc) is 3.40. The Morgan fingerprint density at radius 1 is 1.19 bits per heavy atom. The molecule has 2 aliphatic rings. The van der Waals surface area contributed by atoms with E-state index in [1.165, 1.54) is 17.7 Å². The van der Waals surface area contributed by atoms with Gasteiger partial charge in [0, 0.05) is 5.41 Å². The highest BCUT2D eigenvalue weighted by Crippen LogP contribution is 2.59. The molecule has 1 saturated carbocycles. The normalized spacial score (nSPS) is 23.6. The Morgan fingerprint density at radius 3 is 2.67 bits per heavy atom. The molecule has 2 aromatic carbocycles. The Morgan fingerprint density at radius 2 is 1.94 bits per heavy atom. The molecule has 5 rings (SSSR count). The Balaban J connectivity index is 1.47. The molecule has 3 atom stereocenters. The van der Waals surface area contributed by atoms with Gasteiger partial charge in [-0.25, -0.2) is 9.07 Å². The zero-order valence-corrected chi connectivity index (χ0v) is 20.5. The number of primary amides is 1. The minimum absolute atomic E-state index is 0.286. The topological polar surface area (TPSA) is 101 Å². The van der Waals surface area contributed by atoms with Crippen LogP contribution in [0.15, 0.2) is 60.3 Å². The third kappa shape index (κ3) is 3.96. The van der Waals surface area contributed by atoms with E-state index in [4.69, 9.17) is 5.73 Å². The maximum Gasteiger partial charge on any atom is 0.250 e. The molecule has 2 unspecified atom stereocenters. The molecule has 188 valence electrons. The summed E-state index contributed by atoms with van der Waals surface area (Å²) in [5, 5.41) is 27.1. The van der Waals surface area contributed by atoms with Gasteiger partial charge in [0.05, 0.1) is 23.2 Å². The van der Waals surface area contributed by atoms with Crippen molar-refractivity contribution < 1.29 is 19.4 Å². The van der Waals surface area contributed by atoms with Crippen LogP contribution in [0, 0.1) is 11.2 Å². The standard InChI is InChI=1S/C29H32FN3O3/c1-2-13-28-17-20-18-32-33(23-9-7-22(30)8-10-23)25(20)16-21(28)12-15-29(28,36)14-11-19-5-3-4-6-24(19)26(34)27(31)35/h3-10,16,18,26,34,36H,2,11-15,17H2,1H3,(H2,31,35)/t26?,28?,29-/m0/s1. The molecular weight excluding hydrogens is 457 g/mol. The first-order valence-corrected chi connectivity index (χ1v) is 12.6. The fourth-order valence-electron chi connectivity index (χ4n) is 6.36. The lowest BCUT2D eigenvalue weighted by atomic mass is 9.62. The van der Waals surface area contributed by atoms with Crippen molar-refractivity contribution in [2.45, 2.75) is 63.6 Å². The summed E-state index contributed by atoms with van der Waals surface area (Å²) < 4.78 is 15.3. The van der Waals surface area contributed by atoms with E-state index >= 15 is 0 Å². The summed E-state index contributed by atoms with van der Waals surface area (Å²) in [4.78, 5) is 11.6. The van der Waals surface area contributed by atoms with Gasteiger partial charge in [-0.05, 0) is 85.6 Å². The molecule has 1 amide bonds. The van der Waals surface area contributed by atoms with Gasteiger partial charge in [-0.1, -0.05) is 43.2 Å². The monoisotopic (exact) mass is 489 g/mol. The molecular formula is C29H32FN3O3. The van der Waals surface area contributed by atoms with Crippen molar-refractivity contribution in [1.82, 2.24) is 9.78 Å². The van der Waals surface area contributed by atoms with Crippen molar-refractivity contribution in [2.24, 2.45) is 11.1 Å². The smallest absolute Gasteiger partial charge is 0.250 e. The fourth-order valence-corrected chi connectivity index (χ4v) is 6.36. The van der Waals surface area contributed by atoms with Crippen molar-refractivity contribution in [3.63, 3.8) is 0 Å². The second-order valence-electron chi connectivity index (χ2n) is 10.2. The number of fused-ring (bicyclic) bond motifs is 2. The van der Waals surface area contributed by atoms with Crippen LogP contribution in [0.25, 0.3) is 11.8 Å². The highest BCUT2D eigenvalue weighted by molar-refractivity contribution is 5.80. The molecule has 2 aliphatic carbocycles. The van der Waals surface area contributed by atoms with Crippen LogP contribution in [0.4, 0.5) is 4.39 Å². The van der Waals surface area contributed by atoms with E-state index in [0.29, 0.717) is 31.2 Å². The van der Waals surface area contributed by atoms with Crippen LogP contribution >= 0.6 is 0 Å². The lowest BCUT2D eigenvalue weighted by Gasteiger charge is -2.45. The molecule has 0 aliphatic heterocycles. The molecule has 7 heteroatoms. The Hall–Kier alpha value is -3.29. The van der Waals surface area contributed by atoms with E-state index < -0.39 is 23.0 Å². The highest BCUT2D eigenvalue weighted by atomic mass is 19.1. The molecule has 1 aromatic heterocycles. The molecule has 4 N–H and O–H groups in total.